The number of hydrogen-bond acceptors (Lipinski definition) is 8. The van der Waals surface area contributed by atoms with Crippen molar-refractivity contribution in [1.82, 2.24) is 9.88 Å². The normalized spacial score (nSPS) is 18.9. The van der Waals surface area contributed by atoms with Crippen molar-refractivity contribution in [2.45, 2.75) is 57.5 Å². The van der Waals surface area contributed by atoms with Gasteiger partial charge in [-0.1, -0.05) is 25.7 Å². The molecule has 40 heavy (non-hydrogen) atoms. The lowest BCUT2D eigenvalue weighted by Crippen LogP contribution is -2.43. The average molecular weight is 566 g/mol. The van der Waals surface area contributed by atoms with Crippen molar-refractivity contribution in [3.05, 3.63) is 59.9 Å². The fourth-order valence-corrected chi connectivity index (χ4v) is 5.65. The molecule has 4 rings (SSSR count). The van der Waals surface area contributed by atoms with Crippen molar-refractivity contribution in [3.8, 4) is 17.4 Å². The molecule has 0 spiro atoms. The van der Waals surface area contributed by atoms with E-state index in [9.17, 15) is 4.79 Å². The van der Waals surface area contributed by atoms with E-state index in [0.29, 0.717) is 23.9 Å². The van der Waals surface area contributed by atoms with Crippen molar-refractivity contribution in [2.75, 3.05) is 33.0 Å². The molecule has 4 N–H and O–H groups in total. The zero-order chi connectivity index (χ0) is 28.5. The summed E-state index contributed by atoms with van der Waals surface area (Å²) >= 11 is 0. The molecule has 1 atom stereocenters. The second-order valence-corrected chi connectivity index (χ2v) is 17.4. The third kappa shape index (κ3) is 8.90. The molecule has 1 aromatic heterocycles. The van der Waals surface area contributed by atoms with E-state index in [1.807, 2.05) is 24.3 Å². The van der Waals surface area contributed by atoms with E-state index in [2.05, 4.69) is 40.6 Å². The van der Waals surface area contributed by atoms with E-state index in [1.54, 1.807) is 12.3 Å². The number of pyridine rings is 1. The van der Waals surface area contributed by atoms with E-state index >= 15 is 0 Å². The van der Waals surface area contributed by atoms with Gasteiger partial charge in [-0.05, 0) is 74.8 Å². The van der Waals surface area contributed by atoms with Gasteiger partial charge in [0.1, 0.15) is 24.3 Å². The van der Waals surface area contributed by atoms with Crippen molar-refractivity contribution in [2.24, 2.45) is 22.4 Å². The summed E-state index contributed by atoms with van der Waals surface area (Å²) in [4.78, 5) is 22.9. The zero-order valence-electron chi connectivity index (χ0n) is 24.0. The van der Waals surface area contributed by atoms with Crippen molar-refractivity contribution in [3.63, 3.8) is 0 Å². The van der Waals surface area contributed by atoms with Gasteiger partial charge in [-0.25, -0.2) is 4.98 Å². The first-order valence-corrected chi connectivity index (χ1v) is 17.9. The predicted octanol–water partition coefficient (Wildman–Crippen LogP) is 4.34. The standard InChI is InChI=1S/C30H43N5O4Si/c1-40(2,3)17-16-37-21-34-27(10-13-31)24-6-9-29(33-19-24)39-25-7-4-22-5-8-26(38-28(22)18-25)20-35-14-11-23(12-15-35)30(32)36/h4,6-7,9-10,13,18-19,23,26H,5,8,11-12,14-17,20-21,31H2,1-3H3,(H2,32,36)/b13-10-,34-27-. The number of likely N-dealkylation sites (tertiary alicyclic amines) is 1. The Hall–Kier alpha value is -3.21. The molecule has 1 unspecified atom stereocenters. The van der Waals surface area contributed by atoms with Crippen LogP contribution in [0.4, 0.5) is 0 Å². The summed E-state index contributed by atoms with van der Waals surface area (Å²) in [5.41, 5.74) is 13.8. The number of amides is 1. The molecule has 1 amide bonds. The summed E-state index contributed by atoms with van der Waals surface area (Å²) in [6, 6.07) is 10.8. The molecule has 3 heterocycles. The Morgan fingerprint density at radius 2 is 2.00 bits per heavy atom. The van der Waals surface area contributed by atoms with Crippen LogP contribution in [0.1, 0.15) is 30.4 Å². The highest BCUT2D eigenvalue weighted by Crippen LogP contribution is 2.33. The lowest BCUT2D eigenvalue weighted by Gasteiger charge is -2.35. The number of primary amides is 1. The number of piperidine rings is 1. The Balaban J connectivity index is 1.32. The minimum absolute atomic E-state index is 0.00118. The highest BCUT2D eigenvalue weighted by atomic mass is 28.3. The van der Waals surface area contributed by atoms with E-state index < -0.39 is 8.07 Å². The number of carbonyl (C=O) groups is 1. The molecule has 2 aromatic rings. The Morgan fingerprint density at radius 3 is 2.67 bits per heavy atom. The first-order chi connectivity index (χ1) is 19.2. The Morgan fingerprint density at radius 1 is 1.20 bits per heavy atom. The number of aryl methyl sites for hydroxylation is 1. The predicted molar refractivity (Wildman–Crippen MR) is 161 cm³/mol. The average Bonchev–Trinajstić information content (AvgIpc) is 2.92. The van der Waals surface area contributed by atoms with Crippen molar-refractivity contribution < 1.29 is 19.0 Å². The van der Waals surface area contributed by atoms with Crippen LogP contribution in [0, 0.1) is 5.92 Å². The minimum atomic E-state index is -1.13. The van der Waals surface area contributed by atoms with Crippen LogP contribution in [0.15, 0.2) is 53.8 Å². The number of ether oxygens (including phenoxy) is 3. The lowest BCUT2D eigenvalue weighted by atomic mass is 9.95. The summed E-state index contributed by atoms with van der Waals surface area (Å²) in [7, 11) is -1.13. The van der Waals surface area contributed by atoms with Gasteiger partial charge >= 0.3 is 0 Å². The van der Waals surface area contributed by atoms with E-state index in [4.69, 9.17) is 25.7 Å². The van der Waals surface area contributed by atoms with Crippen LogP contribution in [0.2, 0.25) is 25.7 Å². The smallest absolute Gasteiger partial charge is 0.220 e. The maximum atomic E-state index is 11.5. The molecule has 10 heteroatoms. The number of allylic oxidation sites excluding steroid dienone is 1. The molecule has 0 radical (unpaired) electrons. The van der Waals surface area contributed by atoms with Gasteiger partial charge in [0, 0.05) is 51.0 Å². The number of benzene rings is 1. The second kappa shape index (κ2) is 13.9. The number of fused-ring (bicyclic) bond motifs is 1. The fourth-order valence-electron chi connectivity index (χ4n) is 4.89. The highest BCUT2D eigenvalue weighted by Gasteiger charge is 2.27. The molecule has 0 bridgehead atoms. The first kappa shape index (κ1) is 29.8. The second-order valence-electron chi connectivity index (χ2n) is 11.8. The molecular formula is C30H43N5O4Si. The molecule has 1 fully saturated rings. The van der Waals surface area contributed by atoms with E-state index in [-0.39, 0.29) is 24.7 Å². The van der Waals surface area contributed by atoms with Gasteiger partial charge in [-0.3, -0.25) is 14.7 Å². The molecule has 216 valence electrons. The Kier molecular flexibility index (Phi) is 10.4. The third-order valence-corrected chi connectivity index (χ3v) is 9.06. The van der Waals surface area contributed by atoms with Crippen LogP contribution in [0.25, 0.3) is 0 Å². The summed E-state index contributed by atoms with van der Waals surface area (Å²) in [6.45, 7) is 10.6. The van der Waals surface area contributed by atoms with E-state index in [0.717, 1.165) is 62.7 Å². The van der Waals surface area contributed by atoms with Gasteiger partial charge < -0.3 is 25.7 Å². The quantitative estimate of drug-likeness (QED) is 0.223. The van der Waals surface area contributed by atoms with Gasteiger partial charge in [0.2, 0.25) is 11.8 Å². The Labute approximate surface area is 238 Å². The minimum Gasteiger partial charge on any atom is -0.489 e. The Bertz CT molecular complexity index is 1190. The number of nitrogens with two attached hydrogens (primary N) is 2. The molecule has 2 aliphatic heterocycles. The van der Waals surface area contributed by atoms with Gasteiger partial charge in [0.15, 0.2) is 0 Å². The van der Waals surface area contributed by atoms with Crippen LogP contribution in [-0.4, -0.2) is 68.7 Å². The largest absolute Gasteiger partial charge is 0.489 e. The van der Waals surface area contributed by atoms with Gasteiger partial charge in [0.25, 0.3) is 0 Å². The first-order valence-electron chi connectivity index (χ1n) is 14.2. The number of aromatic nitrogens is 1. The maximum Gasteiger partial charge on any atom is 0.220 e. The molecule has 2 aliphatic rings. The highest BCUT2D eigenvalue weighted by molar-refractivity contribution is 6.76. The molecule has 0 saturated carbocycles. The van der Waals surface area contributed by atoms with E-state index in [1.165, 1.54) is 11.8 Å². The zero-order valence-corrected chi connectivity index (χ0v) is 25.0. The monoisotopic (exact) mass is 565 g/mol. The molecule has 1 aromatic carbocycles. The summed E-state index contributed by atoms with van der Waals surface area (Å²) in [6.07, 6.45) is 8.63. The number of carbonyl (C=O) groups excluding carboxylic acids is 1. The molecule has 1 saturated heterocycles. The fraction of sp³-hybridized carbons (Fsp3) is 0.500. The van der Waals surface area contributed by atoms with Gasteiger partial charge in [0.05, 0.1) is 5.71 Å². The number of rotatable bonds is 12. The number of aliphatic imine (C=N–C) groups is 1. The number of nitrogens with zero attached hydrogens (tertiary/aromatic N) is 3. The van der Waals surface area contributed by atoms with Crippen LogP contribution >= 0.6 is 0 Å². The topological polar surface area (TPSA) is 125 Å². The van der Waals surface area contributed by atoms with Gasteiger partial charge in [-0.15, -0.1) is 0 Å². The molecular weight excluding hydrogens is 522 g/mol. The number of hydrogen-bond donors (Lipinski definition) is 2. The SMILES string of the molecule is C[Si](C)(C)CCOC/N=C(/C=C\N)c1ccc(Oc2ccc3c(c2)OC(CN2CCC(C(N)=O)CC2)CC3)nc1. The van der Waals surface area contributed by atoms with Crippen LogP contribution < -0.4 is 20.9 Å². The summed E-state index contributed by atoms with van der Waals surface area (Å²) in [5, 5.41) is 0. The van der Waals surface area contributed by atoms with Gasteiger partial charge in [-0.2, -0.15) is 0 Å². The van der Waals surface area contributed by atoms with Crippen LogP contribution in [0.3, 0.4) is 0 Å². The third-order valence-electron chi connectivity index (χ3n) is 7.35. The van der Waals surface area contributed by atoms with Crippen LogP contribution in [-0.2, 0) is 16.0 Å². The molecule has 9 nitrogen and oxygen atoms in total. The van der Waals surface area contributed by atoms with Crippen molar-refractivity contribution >= 4 is 19.7 Å². The summed E-state index contributed by atoms with van der Waals surface area (Å²) in [5.74, 6) is 1.83. The molecule has 0 aliphatic carbocycles. The maximum absolute atomic E-state index is 11.5. The summed E-state index contributed by atoms with van der Waals surface area (Å²) < 4.78 is 18.1. The van der Waals surface area contributed by atoms with Crippen LogP contribution in [0.5, 0.6) is 17.4 Å². The lowest BCUT2D eigenvalue weighted by molar-refractivity contribution is -0.123. The van der Waals surface area contributed by atoms with Crippen molar-refractivity contribution in [1.29, 1.82) is 0 Å².